The summed E-state index contributed by atoms with van der Waals surface area (Å²) in [6.07, 6.45) is -0.333. The zero-order valence-electron chi connectivity index (χ0n) is 27.2. The number of para-hydroxylation sites is 4. The summed E-state index contributed by atoms with van der Waals surface area (Å²) in [7, 11) is 0. The van der Waals surface area contributed by atoms with Crippen molar-refractivity contribution in [1.29, 1.82) is 0 Å². The van der Waals surface area contributed by atoms with Crippen LogP contribution in [0.25, 0.3) is 71.4 Å². The van der Waals surface area contributed by atoms with Crippen molar-refractivity contribution >= 4 is 77.4 Å². The number of nitrogens with one attached hydrogen (secondary N) is 1. The van der Waals surface area contributed by atoms with E-state index in [1.807, 2.05) is 48.5 Å². The van der Waals surface area contributed by atoms with E-state index < -0.39 is 0 Å². The SMILES string of the molecule is c1ccc(C2N=C(c3cccc4oc5ccccc5c34)N=C(c3ccc4oc5c(-n6c7ccccc7c7ccccc76)cccc5c4c3)N2)cc1. The standard InChI is InChI=1S/C45H28N4O2/c1-2-12-27(13-3-1)43-46-44(48-45(47-43)33-18-11-23-40-41(33)32-16-6-9-22-38(32)50-40)28-24-25-39-34(26-28)31-17-10-21-37(42(31)51-39)49-35-19-7-4-14-29(35)30-15-5-8-20-36(30)49/h1-26,43H,(H,46,47,48). The molecule has 10 aromatic rings. The van der Waals surface area contributed by atoms with Gasteiger partial charge in [-0.25, -0.2) is 9.98 Å². The average Bonchev–Trinajstić information content (AvgIpc) is 3.87. The molecule has 240 valence electrons. The number of aliphatic imine (C=N–C) groups is 2. The minimum Gasteiger partial charge on any atom is -0.456 e. The van der Waals surface area contributed by atoms with E-state index in [4.69, 9.17) is 18.8 Å². The van der Waals surface area contributed by atoms with Gasteiger partial charge in [0.15, 0.2) is 11.4 Å². The third kappa shape index (κ3) is 4.23. The molecule has 51 heavy (non-hydrogen) atoms. The lowest BCUT2D eigenvalue weighted by Gasteiger charge is -2.24. The smallest absolute Gasteiger partial charge is 0.160 e. The van der Waals surface area contributed by atoms with E-state index in [2.05, 4.69) is 119 Å². The van der Waals surface area contributed by atoms with Crippen molar-refractivity contribution in [2.24, 2.45) is 9.98 Å². The van der Waals surface area contributed by atoms with Crippen LogP contribution in [0.15, 0.2) is 177 Å². The van der Waals surface area contributed by atoms with Crippen molar-refractivity contribution in [2.75, 3.05) is 0 Å². The third-order valence-electron chi connectivity index (χ3n) is 10.1. The summed E-state index contributed by atoms with van der Waals surface area (Å²) in [6, 6.07) is 54.4. The Bertz CT molecular complexity index is 3020. The van der Waals surface area contributed by atoms with E-state index in [0.717, 1.165) is 83.1 Å². The zero-order chi connectivity index (χ0) is 33.5. The van der Waals surface area contributed by atoms with Gasteiger partial charge < -0.3 is 18.7 Å². The lowest BCUT2D eigenvalue weighted by molar-refractivity contribution is 0.665. The Labute approximate surface area is 291 Å². The van der Waals surface area contributed by atoms with Gasteiger partial charge in [-0.3, -0.25) is 0 Å². The molecule has 3 aromatic heterocycles. The van der Waals surface area contributed by atoms with E-state index in [0.29, 0.717) is 5.84 Å². The van der Waals surface area contributed by atoms with Gasteiger partial charge in [0.2, 0.25) is 0 Å². The molecule has 11 rings (SSSR count). The summed E-state index contributed by atoms with van der Waals surface area (Å²) >= 11 is 0. The number of hydrogen-bond acceptors (Lipinski definition) is 5. The Morgan fingerprint density at radius 1 is 0.529 bits per heavy atom. The second-order valence-electron chi connectivity index (χ2n) is 13.0. The molecule has 0 saturated heterocycles. The summed E-state index contributed by atoms with van der Waals surface area (Å²) in [5, 5.41) is 10.2. The number of benzene rings is 7. The molecule has 7 aromatic carbocycles. The molecule has 1 aliphatic rings. The number of nitrogens with zero attached hydrogens (tertiary/aromatic N) is 3. The molecule has 0 aliphatic carbocycles. The summed E-state index contributed by atoms with van der Waals surface area (Å²) in [5.74, 6) is 1.40. The second-order valence-corrected chi connectivity index (χ2v) is 13.0. The van der Waals surface area contributed by atoms with Gasteiger partial charge in [-0.1, -0.05) is 109 Å². The van der Waals surface area contributed by atoms with Crippen LogP contribution in [0.3, 0.4) is 0 Å². The highest BCUT2D eigenvalue weighted by molar-refractivity contribution is 6.22. The van der Waals surface area contributed by atoms with Crippen LogP contribution in [0.4, 0.5) is 0 Å². The fourth-order valence-electron chi connectivity index (χ4n) is 7.77. The molecule has 6 heteroatoms. The van der Waals surface area contributed by atoms with E-state index in [1.165, 1.54) is 10.8 Å². The number of hydrogen-bond donors (Lipinski definition) is 1. The molecule has 1 atom stereocenters. The Kier molecular flexibility index (Phi) is 5.92. The fourth-order valence-corrected chi connectivity index (χ4v) is 7.77. The first kappa shape index (κ1) is 28.0. The van der Waals surface area contributed by atoms with Gasteiger partial charge in [-0.05, 0) is 54.1 Å². The molecule has 1 aliphatic heterocycles. The lowest BCUT2D eigenvalue weighted by atomic mass is 10.0. The molecule has 0 radical (unpaired) electrons. The minimum atomic E-state index is -0.333. The Balaban J connectivity index is 1.10. The van der Waals surface area contributed by atoms with Crippen LogP contribution in [0.1, 0.15) is 22.9 Å². The van der Waals surface area contributed by atoms with Gasteiger partial charge in [0, 0.05) is 43.4 Å². The van der Waals surface area contributed by atoms with E-state index in [-0.39, 0.29) is 6.17 Å². The summed E-state index contributed by atoms with van der Waals surface area (Å²) in [6.45, 7) is 0. The number of aromatic nitrogens is 1. The van der Waals surface area contributed by atoms with Crippen LogP contribution in [0.2, 0.25) is 0 Å². The Hall–Kier alpha value is -6.92. The van der Waals surface area contributed by atoms with Crippen LogP contribution in [0.5, 0.6) is 0 Å². The van der Waals surface area contributed by atoms with Crippen molar-refractivity contribution in [1.82, 2.24) is 9.88 Å². The maximum Gasteiger partial charge on any atom is 0.160 e. The van der Waals surface area contributed by atoms with E-state index >= 15 is 0 Å². The maximum absolute atomic E-state index is 6.69. The summed E-state index contributed by atoms with van der Waals surface area (Å²) in [4.78, 5) is 10.4. The van der Waals surface area contributed by atoms with Gasteiger partial charge in [0.05, 0.1) is 16.7 Å². The zero-order valence-corrected chi connectivity index (χ0v) is 27.2. The van der Waals surface area contributed by atoms with Crippen molar-refractivity contribution in [3.63, 3.8) is 0 Å². The van der Waals surface area contributed by atoms with Crippen molar-refractivity contribution < 1.29 is 8.83 Å². The number of amidine groups is 2. The predicted octanol–water partition coefficient (Wildman–Crippen LogP) is 11.1. The van der Waals surface area contributed by atoms with Crippen LogP contribution in [-0.4, -0.2) is 16.2 Å². The monoisotopic (exact) mass is 656 g/mol. The number of furan rings is 2. The van der Waals surface area contributed by atoms with Crippen LogP contribution in [0, 0.1) is 0 Å². The molecule has 0 amide bonds. The lowest BCUT2D eigenvalue weighted by Crippen LogP contribution is -2.33. The maximum atomic E-state index is 6.69. The van der Waals surface area contributed by atoms with Crippen molar-refractivity contribution in [3.8, 4) is 5.69 Å². The van der Waals surface area contributed by atoms with Crippen molar-refractivity contribution in [2.45, 2.75) is 6.17 Å². The van der Waals surface area contributed by atoms with Crippen LogP contribution in [-0.2, 0) is 0 Å². The average molecular weight is 657 g/mol. The van der Waals surface area contributed by atoms with Gasteiger partial charge in [0.25, 0.3) is 0 Å². The highest BCUT2D eigenvalue weighted by atomic mass is 16.3. The molecule has 0 saturated carbocycles. The quantitative estimate of drug-likeness (QED) is 0.205. The largest absolute Gasteiger partial charge is 0.456 e. The summed E-state index contributed by atoms with van der Waals surface area (Å²) in [5.41, 5.74) is 9.56. The molecule has 4 heterocycles. The predicted molar refractivity (Wildman–Crippen MR) is 207 cm³/mol. The number of fused-ring (bicyclic) bond motifs is 9. The molecular formula is C45H28N4O2. The molecule has 1 N–H and O–H groups in total. The first-order valence-corrected chi connectivity index (χ1v) is 17.1. The Morgan fingerprint density at radius 3 is 2.02 bits per heavy atom. The number of rotatable bonds is 4. The first-order chi connectivity index (χ1) is 25.3. The van der Waals surface area contributed by atoms with E-state index in [9.17, 15) is 0 Å². The molecular weight excluding hydrogens is 629 g/mol. The van der Waals surface area contributed by atoms with Gasteiger partial charge in [-0.2, -0.15) is 0 Å². The van der Waals surface area contributed by atoms with E-state index in [1.54, 1.807) is 0 Å². The van der Waals surface area contributed by atoms with Gasteiger partial charge in [0.1, 0.15) is 28.8 Å². The molecule has 0 bridgehead atoms. The van der Waals surface area contributed by atoms with Gasteiger partial charge >= 0.3 is 0 Å². The topological polar surface area (TPSA) is 68.0 Å². The molecule has 0 spiro atoms. The highest BCUT2D eigenvalue weighted by Gasteiger charge is 2.24. The van der Waals surface area contributed by atoms with Gasteiger partial charge in [-0.15, -0.1) is 0 Å². The molecule has 0 fully saturated rings. The van der Waals surface area contributed by atoms with Crippen molar-refractivity contribution in [3.05, 3.63) is 174 Å². The fraction of sp³-hybridized carbons (Fsp3) is 0.0222. The minimum absolute atomic E-state index is 0.333. The summed E-state index contributed by atoms with van der Waals surface area (Å²) < 4.78 is 15.2. The normalized spacial score (nSPS) is 14.9. The second kappa shape index (κ2) is 10.8. The molecule has 6 nitrogen and oxygen atoms in total. The highest BCUT2D eigenvalue weighted by Crippen LogP contribution is 2.39. The first-order valence-electron chi connectivity index (χ1n) is 17.1. The van der Waals surface area contributed by atoms with Crippen LogP contribution >= 0.6 is 0 Å². The third-order valence-corrected chi connectivity index (χ3v) is 10.1. The Morgan fingerprint density at radius 2 is 1.20 bits per heavy atom. The van der Waals surface area contributed by atoms with Crippen LogP contribution < -0.4 is 5.32 Å². The molecule has 1 unspecified atom stereocenters.